The highest BCUT2D eigenvalue weighted by Crippen LogP contribution is 2.25. The highest BCUT2D eigenvalue weighted by Gasteiger charge is 2.31. The molecule has 0 bridgehead atoms. The number of benzene rings is 1. The molecule has 1 saturated heterocycles. The first kappa shape index (κ1) is 12.1. The summed E-state index contributed by atoms with van der Waals surface area (Å²) in [7, 11) is 2.08. The summed E-state index contributed by atoms with van der Waals surface area (Å²) in [6.45, 7) is 1.88. The van der Waals surface area contributed by atoms with E-state index in [0.29, 0.717) is 0 Å². The normalized spacial score (nSPS) is 26.9. The van der Waals surface area contributed by atoms with Crippen LogP contribution in [0, 0.1) is 0 Å². The van der Waals surface area contributed by atoms with E-state index in [-0.39, 0.29) is 0 Å². The summed E-state index contributed by atoms with van der Waals surface area (Å²) in [5, 5.41) is 10.5. The van der Waals surface area contributed by atoms with Crippen molar-refractivity contribution in [3.8, 4) is 0 Å². The fraction of sp³-hybridized carbons (Fsp3) is 0.538. The number of halogens is 1. The van der Waals surface area contributed by atoms with Crippen LogP contribution in [0.15, 0.2) is 28.7 Å². The third-order valence-electron chi connectivity index (χ3n) is 3.19. The van der Waals surface area contributed by atoms with Crippen molar-refractivity contribution in [1.82, 2.24) is 4.90 Å². The lowest BCUT2D eigenvalue weighted by Gasteiger charge is -2.37. The molecule has 1 heterocycles. The Morgan fingerprint density at radius 2 is 2.06 bits per heavy atom. The zero-order valence-corrected chi connectivity index (χ0v) is 11.2. The highest BCUT2D eigenvalue weighted by atomic mass is 79.9. The molecule has 16 heavy (non-hydrogen) atoms. The first-order chi connectivity index (χ1) is 7.57. The SMILES string of the molecule is CN1CCCC(O)(Cc2ccc(Br)cc2)C1. The van der Waals surface area contributed by atoms with E-state index in [4.69, 9.17) is 0 Å². The molecule has 2 rings (SSSR count). The number of β-amino-alcohol motifs (C(OH)–C–C–N with tert-alkyl or cyclic N) is 1. The van der Waals surface area contributed by atoms with E-state index in [2.05, 4.69) is 40.0 Å². The summed E-state index contributed by atoms with van der Waals surface area (Å²) < 4.78 is 1.09. The van der Waals surface area contributed by atoms with Crippen LogP contribution in [0.3, 0.4) is 0 Å². The van der Waals surface area contributed by atoms with Gasteiger partial charge in [-0.05, 0) is 44.1 Å². The molecule has 2 nitrogen and oxygen atoms in total. The molecule has 1 atom stereocenters. The van der Waals surface area contributed by atoms with Gasteiger partial charge < -0.3 is 10.0 Å². The molecule has 0 saturated carbocycles. The van der Waals surface area contributed by atoms with Crippen molar-refractivity contribution in [2.24, 2.45) is 0 Å². The lowest BCUT2D eigenvalue weighted by atomic mass is 9.87. The summed E-state index contributed by atoms with van der Waals surface area (Å²) >= 11 is 3.42. The van der Waals surface area contributed by atoms with Gasteiger partial charge in [0.05, 0.1) is 5.60 Å². The Kier molecular flexibility index (Phi) is 3.67. The molecule has 1 aromatic carbocycles. The molecule has 0 radical (unpaired) electrons. The molecule has 0 spiro atoms. The van der Waals surface area contributed by atoms with Gasteiger partial charge in [-0.25, -0.2) is 0 Å². The number of piperidine rings is 1. The number of nitrogens with zero attached hydrogens (tertiary/aromatic N) is 1. The maximum absolute atomic E-state index is 10.5. The van der Waals surface area contributed by atoms with Gasteiger partial charge in [-0.1, -0.05) is 28.1 Å². The third kappa shape index (κ3) is 3.06. The quantitative estimate of drug-likeness (QED) is 0.901. The van der Waals surface area contributed by atoms with E-state index in [1.54, 1.807) is 0 Å². The lowest BCUT2D eigenvalue weighted by Crippen LogP contribution is -2.47. The van der Waals surface area contributed by atoms with Crippen LogP contribution in [0.5, 0.6) is 0 Å². The number of rotatable bonds is 2. The van der Waals surface area contributed by atoms with Crippen LogP contribution in [0.25, 0.3) is 0 Å². The first-order valence-electron chi connectivity index (χ1n) is 5.73. The van der Waals surface area contributed by atoms with Crippen molar-refractivity contribution in [3.05, 3.63) is 34.3 Å². The van der Waals surface area contributed by atoms with Crippen LogP contribution in [0.1, 0.15) is 18.4 Å². The predicted octanol–water partition coefficient (Wildman–Crippen LogP) is 2.45. The fourth-order valence-electron chi connectivity index (χ4n) is 2.47. The minimum atomic E-state index is -0.541. The summed E-state index contributed by atoms with van der Waals surface area (Å²) in [6.07, 6.45) is 2.75. The number of likely N-dealkylation sites (tertiary alicyclic amines) is 1. The predicted molar refractivity (Wildman–Crippen MR) is 69.5 cm³/mol. The van der Waals surface area contributed by atoms with Gasteiger partial charge in [-0.3, -0.25) is 0 Å². The van der Waals surface area contributed by atoms with E-state index in [1.807, 2.05) is 12.1 Å². The van der Waals surface area contributed by atoms with Crippen molar-refractivity contribution >= 4 is 15.9 Å². The molecule has 1 aliphatic rings. The van der Waals surface area contributed by atoms with E-state index in [1.165, 1.54) is 5.56 Å². The van der Waals surface area contributed by atoms with Gasteiger partial charge in [0.25, 0.3) is 0 Å². The minimum Gasteiger partial charge on any atom is -0.388 e. The largest absolute Gasteiger partial charge is 0.388 e. The van der Waals surface area contributed by atoms with Crippen LogP contribution in [-0.2, 0) is 6.42 Å². The van der Waals surface area contributed by atoms with Gasteiger partial charge >= 0.3 is 0 Å². The van der Waals surface area contributed by atoms with Gasteiger partial charge in [-0.2, -0.15) is 0 Å². The summed E-state index contributed by atoms with van der Waals surface area (Å²) in [4.78, 5) is 2.21. The Morgan fingerprint density at radius 3 is 2.69 bits per heavy atom. The standard InChI is InChI=1S/C13H18BrNO/c1-15-8-2-7-13(16,10-15)9-11-3-5-12(14)6-4-11/h3-6,16H,2,7-10H2,1H3. The van der Waals surface area contributed by atoms with Crippen LogP contribution >= 0.6 is 15.9 Å². The van der Waals surface area contributed by atoms with Crippen molar-refractivity contribution in [3.63, 3.8) is 0 Å². The van der Waals surface area contributed by atoms with Crippen LogP contribution < -0.4 is 0 Å². The average molecular weight is 284 g/mol. The smallest absolute Gasteiger partial charge is 0.0814 e. The second kappa shape index (κ2) is 4.86. The van der Waals surface area contributed by atoms with Gasteiger partial charge in [0.1, 0.15) is 0 Å². The molecule has 1 aliphatic heterocycles. The van der Waals surface area contributed by atoms with E-state index in [9.17, 15) is 5.11 Å². The molecule has 1 aromatic rings. The third-order valence-corrected chi connectivity index (χ3v) is 3.72. The maximum atomic E-state index is 10.5. The Hall–Kier alpha value is -0.380. The molecule has 0 amide bonds. The summed E-state index contributed by atoms with van der Waals surface area (Å²) in [6, 6.07) is 8.23. The molecular formula is C13H18BrNO. The number of hydrogen-bond acceptors (Lipinski definition) is 2. The molecule has 0 aromatic heterocycles. The van der Waals surface area contributed by atoms with Crippen LogP contribution in [0.2, 0.25) is 0 Å². The molecule has 1 unspecified atom stereocenters. The lowest BCUT2D eigenvalue weighted by molar-refractivity contribution is -0.0223. The van der Waals surface area contributed by atoms with Crippen molar-refractivity contribution in [1.29, 1.82) is 0 Å². The van der Waals surface area contributed by atoms with Crippen LogP contribution in [-0.4, -0.2) is 35.7 Å². The molecular weight excluding hydrogens is 266 g/mol. The highest BCUT2D eigenvalue weighted by molar-refractivity contribution is 9.10. The molecule has 88 valence electrons. The zero-order valence-electron chi connectivity index (χ0n) is 9.62. The monoisotopic (exact) mass is 283 g/mol. The van der Waals surface area contributed by atoms with Gasteiger partial charge in [0, 0.05) is 17.4 Å². The Balaban J connectivity index is 2.05. The number of aliphatic hydroxyl groups is 1. The fourth-order valence-corrected chi connectivity index (χ4v) is 2.73. The number of likely N-dealkylation sites (N-methyl/N-ethyl adjacent to an activating group) is 1. The van der Waals surface area contributed by atoms with Crippen molar-refractivity contribution < 1.29 is 5.11 Å². The van der Waals surface area contributed by atoms with Gasteiger partial charge in [0.2, 0.25) is 0 Å². The zero-order chi connectivity index (χ0) is 11.6. The van der Waals surface area contributed by atoms with Gasteiger partial charge in [0.15, 0.2) is 0 Å². The molecule has 0 aliphatic carbocycles. The van der Waals surface area contributed by atoms with Crippen LogP contribution in [0.4, 0.5) is 0 Å². The maximum Gasteiger partial charge on any atom is 0.0814 e. The van der Waals surface area contributed by atoms with Crippen molar-refractivity contribution in [2.45, 2.75) is 24.9 Å². The van der Waals surface area contributed by atoms with E-state index in [0.717, 1.165) is 36.8 Å². The van der Waals surface area contributed by atoms with E-state index >= 15 is 0 Å². The summed E-state index contributed by atoms with van der Waals surface area (Å²) in [5.41, 5.74) is 0.668. The Labute approximate surface area is 105 Å². The minimum absolute atomic E-state index is 0.541. The first-order valence-corrected chi connectivity index (χ1v) is 6.52. The molecule has 1 N–H and O–H groups in total. The molecule has 3 heteroatoms. The summed E-state index contributed by atoms with van der Waals surface area (Å²) in [5.74, 6) is 0. The van der Waals surface area contributed by atoms with Gasteiger partial charge in [-0.15, -0.1) is 0 Å². The van der Waals surface area contributed by atoms with E-state index < -0.39 is 5.60 Å². The Morgan fingerprint density at radius 1 is 1.38 bits per heavy atom. The van der Waals surface area contributed by atoms with Crippen molar-refractivity contribution in [2.75, 3.05) is 20.1 Å². The second-order valence-electron chi connectivity index (χ2n) is 4.87. The number of hydrogen-bond donors (Lipinski definition) is 1. The second-order valence-corrected chi connectivity index (χ2v) is 5.78. The molecule has 1 fully saturated rings. The average Bonchev–Trinajstić information content (AvgIpc) is 2.21. The Bertz CT molecular complexity index is 351. The topological polar surface area (TPSA) is 23.5 Å².